The van der Waals surface area contributed by atoms with Crippen molar-refractivity contribution in [1.82, 2.24) is 5.32 Å². The Kier molecular flexibility index (Phi) is 12.6. The summed E-state index contributed by atoms with van der Waals surface area (Å²) in [5.41, 5.74) is 0. The summed E-state index contributed by atoms with van der Waals surface area (Å²) in [6.07, 6.45) is 2.69. The van der Waals surface area contributed by atoms with E-state index in [1.165, 1.54) is 28.3 Å². The highest BCUT2D eigenvalue weighted by Gasteiger charge is 2.63. The van der Waals surface area contributed by atoms with Crippen LogP contribution in [0.5, 0.6) is 0 Å². The predicted molar refractivity (Wildman–Crippen MR) is 118 cm³/mol. The molecule has 0 radical (unpaired) electrons. The third-order valence-electron chi connectivity index (χ3n) is 5.63. The molecular formula is C22H41NO10. The van der Waals surface area contributed by atoms with Gasteiger partial charge in [0.1, 0.15) is 12.1 Å². The van der Waals surface area contributed by atoms with E-state index in [1.54, 1.807) is 0 Å². The van der Waals surface area contributed by atoms with Crippen LogP contribution in [0.15, 0.2) is 11.5 Å². The number of hydrogen-bond acceptors (Lipinski definition) is 10. The Hall–Kier alpha value is -1.47. The number of amides is 1. The summed E-state index contributed by atoms with van der Waals surface area (Å²) in [7, 11) is 3.89. The van der Waals surface area contributed by atoms with Crippen LogP contribution in [-0.2, 0) is 28.5 Å². The van der Waals surface area contributed by atoms with Crippen LogP contribution in [0, 0.1) is 0 Å². The van der Waals surface area contributed by atoms with E-state index in [4.69, 9.17) is 23.7 Å². The molecule has 1 aliphatic rings. The van der Waals surface area contributed by atoms with Gasteiger partial charge in [0.2, 0.25) is 5.91 Å². The lowest BCUT2D eigenvalue weighted by atomic mass is 9.92. The van der Waals surface area contributed by atoms with Crippen LogP contribution in [-0.4, -0.2) is 90.9 Å². The fourth-order valence-corrected chi connectivity index (χ4v) is 3.89. The van der Waals surface area contributed by atoms with Gasteiger partial charge in [-0.2, -0.15) is 0 Å². The van der Waals surface area contributed by atoms with Crippen molar-refractivity contribution in [2.45, 2.75) is 88.8 Å². The summed E-state index contributed by atoms with van der Waals surface area (Å²) in [4.78, 5) is 11.7. The molecule has 4 atom stereocenters. The van der Waals surface area contributed by atoms with Crippen LogP contribution in [0.2, 0.25) is 0 Å². The summed E-state index contributed by atoms with van der Waals surface area (Å²) in [6.45, 7) is 2.74. The van der Waals surface area contributed by atoms with Gasteiger partial charge < -0.3 is 49.4 Å². The van der Waals surface area contributed by atoms with Gasteiger partial charge in [0.15, 0.2) is 11.5 Å². The first-order chi connectivity index (χ1) is 15.7. The average Bonchev–Trinajstić information content (AvgIpc) is 2.80. The maximum Gasteiger partial charge on any atom is 0.352 e. The van der Waals surface area contributed by atoms with Gasteiger partial charge >= 0.3 is 5.97 Å². The normalized spacial score (nSPS) is 25.9. The molecule has 1 fully saturated rings. The Morgan fingerprint density at radius 3 is 2.27 bits per heavy atom. The lowest BCUT2D eigenvalue weighted by Gasteiger charge is -2.50. The number of carbonyl (C=O) groups is 1. The summed E-state index contributed by atoms with van der Waals surface area (Å²) >= 11 is 0. The van der Waals surface area contributed by atoms with Crippen molar-refractivity contribution in [3.63, 3.8) is 0 Å². The number of methoxy groups -OCH3 is 3. The van der Waals surface area contributed by atoms with Gasteiger partial charge in [0, 0.05) is 28.3 Å². The van der Waals surface area contributed by atoms with E-state index in [1.807, 2.05) is 0 Å². The van der Waals surface area contributed by atoms with Crippen LogP contribution in [0.1, 0.15) is 58.8 Å². The first-order valence-corrected chi connectivity index (χ1v) is 11.3. The number of carbonyl (C=O) groups excluding carboxylic acids is 1. The van der Waals surface area contributed by atoms with Crippen molar-refractivity contribution in [3.05, 3.63) is 11.5 Å². The third kappa shape index (κ3) is 7.25. The minimum atomic E-state index is -1.97. The van der Waals surface area contributed by atoms with Crippen molar-refractivity contribution < 1.29 is 48.9 Å². The predicted octanol–water partition coefficient (Wildman–Crippen LogP) is 1.06. The van der Waals surface area contributed by atoms with Crippen molar-refractivity contribution in [1.29, 1.82) is 0 Å². The van der Waals surface area contributed by atoms with Crippen molar-refractivity contribution >= 4 is 5.91 Å². The van der Waals surface area contributed by atoms with Gasteiger partial charge in [0.25, 0.3) is 5.79 Å². The highest BCUT2D eigenvalue weighted by Crippen LogP contribution is 2.44. The van der Waals surface area contributed by atoms with Gasteiger partial charge in [-0.25, -0.2) is 0 Å². The molecule has 1 rings (SSSR count). The minimum absolute atomic E-state index is 0.193. The van der Waals surface area contributed by atoms with Gasteiger partial charge in [-0.05, 0) is 6.42 Å². The molecule has 1 amide bonds. The molecule has 5 N–H and O–H groups in total. The SMILES string of the molecule is CCCCCCCCO[C@@]1(C(OC)(OC)OC)C[C@H](O)[C@@H](NC(C)=O)C(=C(O)[C@H](O)CO)O1. The van der Waals surface area contributed by atoms with Crippen molar-refractivity contribution in [3.8, 4) is 0 Å². The molecule has 0 aromatic heterocycles. The second kappa shape index (κ2) is 14.1. The maximum absolute atomic E-state index is 11.7. The highest BCUT2D eigenvalue weighted by molar-refractivity contribution is 5.73. The molecular weight excluding hydrogens is 438 g/mol. The van der Waals surface area contributed by atoms with Crippen LogP contribution in [0.3, 0.4) is 0 Å². The maximum atomic E-state index is 11.7. The number of unbranched alkanes of at least 4 members (excludes halogenated alkanes) is 5. The lowest BCUT2D eigenvalue weighted by molar-refractivity contribution is -0.486. The van der Waals surface area contributed by atoms with E-state index in [-0.39, 0.29) is 13.0 Å². The standard InChI is InChI=1S/C22H41NO10/c1-6-7-8-9-10-11-12-32-21(22(29-3,30-4)31-5)13-16(26)18(23-15(2)25)20(33-21)19(28)17(27)14-24/h16-18,24,26-28H,6-14H2,1-5H3,(H,23,25)/t16-,17+,18+,21-/m0/s1. The number of aliphatic hydroxyl groups excluding tert-OH is 4. The van der Waals surface area contributed by atoms with E-state index < -0.39 is 54.0 Å². The van der Waals surface area contributed by atoms with Gasteiger partial charge in [-0.15, -0.1) is 0 Å². The average molecular weight is 480 g/mol. The molecule has 0 saturated carbocycles. The van der Waals surface area contributed by atoms with E-state index in [0.29, 0.717) is 6.42 Å². The first-order valence-electron chi connectivity index (χ1n) is 11.3. The molecule has 11 nitrogen and oxygen atoms in total. The van der Waals surface area contributed by atoms with Gasteiger partial charge in [-0.3, -0.25) is 4.79 Å². The number of hydrogen-bond donors (Lipinski definition) is 5. The number of ether oxygens (including phenoxy) is 5. The Morgan fingerprint density at radius 1 is 1.18 bits per heavy atom. The van der Waals surface area contributed by atoms with Crippen LogP contribution in [0.25, 0.3) is 0 Å². The molecule has 0 spiro atoms. The number of rotatable bonds is 15. The minimum Gasteiger partial charge on any atom is -0.506 e. The quantitative estimate of drug-likeness (QED) is 0.131. The van der Waals surface area contributed by atoms with Gasteiger partial charge in [-0.1, -0.05) is 39.0 Å². The Balaban J connectivity index is 3.33. The van der Waals surface area contributed by atoms with E-state index in [9.17, 15) is 25.2 Å². The fraction of sp³-hybridized carbons (Fsp3) is 0.864. The molecule has 0 unspecified atom stereocenters. The highest BCUT2D eigenvalue weighted by atomic mass is 16.9. The second-order valence-corrected chi connectivity index (χ2v) is 8.04. The largest absolute Gasteiger partial charge is 0.506 e. The summed E-state index contributed by atoms with van der Waals surface area (Å²) < 4.78 is 28.5. The summed E-state index contributed by atoms with van der Waals surface area (Å²) in [6, 6.07) is -1.22. The first kappa shape index (κ1) is 29.6. The van der Waals surface area contributed by atoms with E-state index >= 15 is 0 Å². The Morgan fingerprint density at radius 2 is 1.76 bits per heavy atom. The lowest BCUT2D eigenvalue weighted by Crippen LogP contribution is -2.67. The van der Waals surface area contributed by atoms with Crippen molar-refractivity contribution in [2.24, 2.45) is 0 Å². The summed E-state index contributed by atoms with van der Waals surface area (Å²) in [5.74, 6) is -5.57. The monoisotopic (exact) mass is 479 g/mol. The number of aliphatic hydroxyl groups is 4. The van der Waals surface area contributed by atoms with Crippen LogP contribution in [0.4, 0.5) is 0 Å². The second-order valence-electron chi connectivity index (χ2n) is 8.04. The zero-order valence-corrected chi connectivity index (χ0v) is 20.3. The Bertz CT molecular complexity index is 616. The van der Waals surface area contributed by atoms with Crippen molar-refractivity contribution in [2.75, 3.05) is 34.5 Å². The smallest absolute Gasteiger partial charge is 0.352 e. The van der Waals surface area contributed by atoms with E-state index in [0.717, 1.165) is 32.1 Å². The zero-order chi connectivity index (χ0) is 25.1. The number of nitrogens with one attached hydrogen (secondary N) is 1. The Labute approximate surface area is 195 Å². The molecule has 0 aromatic carbocycles. The molecule has 0 aliphatic carbocycles. The topological polar surface area (TPSA) is 156 Å². The molecule has 1 heterocycles. The molecule has 33 heavy (non-hydrogen) atoms. The molecule has 1 aliphatic heterocycles. The van der Waals surface area contributed by atoms with Gasteiger partial charge in [0.05, 0.1) is 25.7 Å². The molecule has 1 saturated heterocycles. The molecule has 0 aromatic rings. The van der Waals surface area contributed by atoms with E-state index in [2.05, 4.69) is 12.2 Å². The molecule has 11 heteroatoms. The summed E-state index contributed by atoms with van der Waals surface area (Å²) in [5, 5.41) is 43.3. The van der Waals surface area contributed by atoms with Crippen LogP contribution < -0.4 is 5.32 Å². The third-order valence-corrected chi connectivity index (χ3v) is 5.63. The molecule has 0 bridgehead atoms. The fourth-order valence-electron chi connectivity index (χ4n) is 3.89. The zero-order valence-electron chi connectivity index (χ0n) is 20.3. The van der Waals surface area contributed by atoms with Crippen LogP contribution >= 0.6 is 0 Å². The molecule has 194 valence electrons.